The molecule has 0 spiro atoms. The number of phenolic OH excluding ortho intramolecular Hbond substituents is 2. The number of rotatable bonds is 4. The van der Waals surface area contributed by atoms with Gasteiger partial charge in [0.2, 0.25) is 5.41 Å². The molecule has 53 heavy (non-hydrogen) atoms. The summed E-state index contributed by atoms with van der Waals surface area (Å²) in [6, 6.07) is 20.1. The topological polar surface area (TPSA) is 115 Å². The van der Waals surface area contributed by atoms with Gasteiger partial charge in [-0.25, -0.2) is 9.80 Å². The summed E-state index contributed by atoms with van der Waals surface area (Å²) in [7, 11) is 0. The second-order valence-corrected chi connectivity index (χ2v) is 12.5. The smallest absolute Gasteiger partial charge is 0.411 e. The predicted molar refractivity (Wildman–Crippen MR) is 179 cm³/mol. The molecule has 14 heteroatoms. The first-order chi connectivity index (χ1) is 25.1. The minimum absolute atomic E-state index is 0.0585. The van der Waals surface area contributed by atoms with Crippen LogP contribution in [0.3, 0.4) is 0 Å². The number of benzene rings is 6. The highest BCUT2D eigenvalue weighted by molar-refractivity contribution is 6.37. The van der Waals surface area contributed by atoms with Gasteiger partial charge in [0.15, 0.2) is 0 Å². The SMILES string of the molecule is O=C1c2ccc(C(c3ccc4c(c3)C(=O)N(c3cccc5c(O)cccc35)C4=O)(C(F)(F)F)C(F)(F)F)cc2C(=O)N1c1cccc2c(O)cccc12. The Morgan fingerprint density at radius 2 is 0.755 bits per heavy atom. The molecule has 0 radical (unpaired) electrons. The Morgan fingerprint density at radius 3 is 1.13 bits per heavy atom. The quantitative estimate of drug-likeness (QED) is 0.139. The van der Waals surface area contributed by atoms with Crippen LogP contribution < -0.4 is 9.80 Å². The fraction of sp³-hybridized carbons (Fsp3) is 0.0769. The van der Waals surface area contributed by atoms with Gasteiger partial charge in [-0.2, -0.15) is 26.3 Å². The summed E-state index contributed by atoms with van der Waals surface area (Å²) in [6.45, 7) is 0. The Hall–Kier alpha value is -6.70. The van der Waals surface area contributed by atoms with Gasteiger partial charge >= 0.3 is 12.4 Å². The van der Waals surface area contributed by atoms with E-state index in [2.05, 4.69) is 0 Å². The van der Waals surface area contributed by atoms with Crippen LogP contribution in [0.15, 0.2) is 109 Å². The molecule has 0 saturated heterocycles. The Kier molecular flexibility index (Phi) is 7.03. The molecule has 8 rings (SSSR count). The van der Waals surface area contributed by atoms with Gasteiger partial charge in [-0.05, 0) is 59.7 Å². The molecule has 2 aliphatic heterocycles. The van der Waals surface area contributed by atoms with Crippen LogP contribution in [-0.4, -0.2) is 46.2 Å². The number of imide groups is 2. The molecule has 4 amide bonds. The van der Waals surface area contributed by atoms with Crippen LogP contribution in [0.5, 0.6) is 11.5 Å². The van der Waals surface area contributed by atoms with Gasteiger partial charge in [0.05, 0.1) is 33.6 Å². The zero-order valence-electron chi connectivity index (χ0n) is 26.6. The van der Waals surface area contributed by atoms with E-state index in [4.69, 9.17) is 0 Å². The molecular formula is C39H20F6N2O6. The van der Waals surface area contributed by atoms with Crippen molar-refractivity contribution in [2.24, 2.45) is 0 Å². The number of anilines is 2. The average Bonchev–Trinajstić information content (AvgIpc) is 3.50. The normalized spacial score (nSPS) is 14.8. The standard InChI is InChI=1S/C39H20F6N2O6/c40-38(41,42)37(39(43,44)45,19-13-15-25-27(17-19)35(52)46(33(25)50)29-9-1-7-23-21(29)5-3-11-31(23)48)20-14-16-26-28(18-20)36(53)47(34(26)51)30-10-2-8-24-22(30)6-4-12-32(24)49/h1-18,48-49H. The van der Waals surface area contributed by atoms with Crippen LogP contribution in [0.25, 0.3) is 21.5 Å². The van der Waals surface area contributed by atoms with E-state index in [0.717, 1.165) is 0 Å². The third-order valence-electron chi connectivity index (χ3n) is 9.72. The molecule has 6 aromatic carbocycles. The summed E-state index contributed by atoms with van der Waals surface area (Å²) in [5, 5.41) is 21.5. The van der Waals surface area contributed by atoms with Crippen LogP contribution >= 0.6 is 0 Å². The predicted octanol–water partition coefficient (Wildman–Crippen LogP) is 8.42. The summed E-state index contributed by atoms with van der Waals surface area (Å²) in [5.74, 6) is -4.82. The zero-order valence-corrected chi connectivity index (χ0v) is 26.6. The second-order valence-electron chi connectivity index (χ2n) is 12.5. The number of fused-ring (bicyclic) bond motifs is 4. The molecule has 0 aliphatic carbocycles. The average molecular weight is 727 g/mol. The lowest BCUT2D eigenvalue weighted by atomic mass is 9.71. The Labute approximate surface area is 293 Å². The summed E-state index contributed by atoms with van der Waals surface area (Å²) < 4.78 is 91.9. The number of carbonyl (C=O) groups excluding carboxylic acids is 4. The molecule has 2 aliphatic rings. The van der Waals surface area contributed by atoms with Gasteiger partial charge in [0.25, 0.3) is 23.6 Å². The lowest BCUT2D eigenvalue weighted by Gasteiger charge is -2.38. The Bertz CT molecular complexity index is 2450. The lowest BCUT2D eigenvalue weighted by molar-refractivity contribution is -0.288. The van der Waals surface area contributed by atoms with E-state index in [-0.39, 0.29) is 44.4 Å². The van der Waals surface area contributed by atoms with E-state index in [0.29, 0.717) is 46.2 Å². The number of aromatic hydroxyl groups is 2. The molecule has 0 bridgehead atoms. The Morgan fingerprint density at radius 1 is 0.415 bits per heavy atom. The van der Waals surface area contributed by atoms with Gasteiger partial charge in [-0.3, -0.25) is 19.2 Å². The fourth-order valence-electron chi connectivity index (χ4n) is 7.31. The number of hydrogen-bond donors (Lipinski definition) is 2. The number of nitrogens with zero attached hydrogens (tertiary/aromatic N) is 2. The minimum Gasteiger partial charge on any atom is -0.507 e. The molecular weight excluding hydrogens is 706 g/mol. The third-order valence-corrected chi connectivity index (χ3v) is 9.72. The fourth-order valence-corrected chi connectivity index (χ4v) is 7.31. The van der Waals surface area contributed by atoms with E-state index < -0.39 is 74.8 Å². The van der Waals surface area contributed by atoms with Crippen LogP contribution in [0.1, 0.15) is 52.6 Å². The van der Waals surface area contributed by atoms with Gasteiger partial charge in [0.1, 0.15) is 11.5 Å². The maximum atomic E-state index is 15.3. The van der Waals surface area contributed by atoms with Gasteiger partial charge < -0.3 is 10.2 Å². The highest BCUT2D eigenvalue weighted by Crippen LogP contribution is 2.57. The van der Waals surface area contributed by atoms with Crippen molar-refractivity contribution in [3.05, 3.63) is 143 Å². The first-order valence-corrected chi connectivity index (χ1v) is 15.7. The number of phenols is 2. The van der Waals surface area contributed by atoms with Gasteiger partial charge in [-0.15, -0.1) is 0 Å². The molecule has 0 fully saturated rings. The van der Waals surface area contributed by atoms with Crippen molar-refractivity contribution in [1.82, 2.24) is 0 Å². The summed E-state index contributed by atoms with van der Waals surface area (Å²) >= 11 is 0. The van der Waals surface area contributed by atoms with Crippen molar-refractivity contribution < 1.29 is 55.7 Å². The maximum Gasteiger partial charge on any atom is 0.411 e. The summed E-state index contributed by atoms with van der Waals surface area (Å²) in [4.78, 5) is 55.7. The maximum absolute atomic E-state index is 15.3. The number of halogens is 6. The molecule has 0 saturated carbocycles. The molecule has 8 nitrogen and oxygen atoms in total. The lowest BCUT2D eigenvalue weighted by Crippen LogP contribution is -2.55. The first-order valence-electron chi connectivity index (χ1n) is 15.7. The van der Waals surface area contributed by atoms with Crippen molar-refractivity contribution in [3.63, 3.8) is 0 Å². The number of amides is 4. The van der Waals surface area contributed by atoms with Crippen LogP contribution in [0.4, 0.5) is 37.7 Å². The molecule has 2 heterocycles. The van der Waals surface area contributed by atoms with Crippen molar-refractivity contribution in [3.8, 4) is 11.5 Å². The zero-order chi connectivity index (χ0) is 37.8. The largest absolute Gasteiger partial charge is 0.507 e. The summed E-state index contributed by atoms with van der Waals surface area (Å²) in [5.41, 5.74) is -10.3. The van der Waals surface area contributed by atoms with Crippen LogP contribution in [0, 0.1) is 0 Å². The van der Waals surface area contributed by atoms with Crippen LogP contribution in [-0.2, 0) is 5.41 Å². The van der Waals surface area contributed by atoms with Crippen molar-refractivity contribution in [2.75, 3.05) is 9.80 Å². The van der Waals surface area contributed by atoms with Crippen molar-refractivity contribution in [2.45, 2.75) is 17.8 Å². The third kappa shape index (κ3) is 4.51. The summed E-state index contributed by atoms with van der Waals surface area (Å²) in [6.07, 6.45) is -12.3. The number of alkyl halides is 6. The van der Waals surface area contributed by atoms with Crippen LogP contribution in [0.2, 0.25) is 0 Å². The van der Waals surface area contributed by atoms with Crippen molar-refractivity contribution in [1.29, 1.82) is 0 Å². The van der Waals surface area contributed by atoms with Gasteiger partial charge in [-0.1, -0.05) is 60.7 Å². The molecule has 0 aromatic heterocycles. The molecule has 264 valence electrons. The molecule has 6 aromatic rings. The van der Waals surface area contributed by atoms with E-state index >= 15 is 26.3 Å². The highest BCUT2D eigenvalue weighted by atomic mass is 19.4. The second kappa shape index (κ2) is 11.1. The van der Waals surface area contributed by atoms with Gasteiger partial charge in [0, 0.05) is 21.5 Å². The molecule has 0 atom stereocenters. The van der Waals surface area contributed by atoms with E-state index in [1.807, 2.05) is 0 Å². The van der Waals surface area contributed by atoms with Crippen molar-refractivity contribution >= 4 is 56.5 Å². The first kappa shape index (κ1) is 33.4. The monoisotopic (exact) mass is 726 g/mol. The molecule has 2 N–H and O–H groups in total. The Balaban J connectivity index is 1.27. The highest BCUT2D eigenvalue weighted by Gasteiger charge is 2.73. The number of hydrogen-bond acceptors (Lipinski definition) is 6. The van der Waals surface area contributed by atoms with E-state index in [1.54, 1.807) is 0 Å². The minimum atomic E-state index is -6.15. The van der Waals surface area contributed by atoms with E-state index in [1.165, 1.54) is 72.8 Å². The number of carbonyl (C=O) groups is 4. The molecule has 0 unspecified atom stereocenters. The van der Waals surface area contributed by atoms with E-state index in [9.17, 15) is 29.4 Å².